The van der Waals surface area contributed by atoms with Gasteiger partial charge in [-0.2, -0.15) is 0 Å². The molecule has 0 aliphatic carbocycles. The Bertz CT molecular complexity index is 188. The van der Waals surface area contributed by atoms with Gasteiger partial charge in [-0.1, -0.05) is 20.8 Å². The van der Waals surface area contributed by atoms with Crippen LogP contribution in [0.4, 0.5) is 0 Å². The lowest BCUT2D eigenvalue weighted by molar-refractivity contribution is -0.122. The second kappa shape index (κ2) is 6.83. The molecular weight excluding hydrogens is 188 g/mol. The molecule has 2 N–H and O–H groups in total. The quantitative estimate of drug-likeness (QED) is 0.681. The average Bonchev–Trinajstić information content (AvgIpc) is 2.25. The highest BCUT2D eigenvalue weighted by Gasteiger charge is 2.21. The van der Waals surface area contributed by atoms with Crippen molar-refractivity contribution in [2.75, 3.05) is 6.54 Å². The van der Waals surface area contributed by atoms with E-state index in [4.69, 9.17) is 0 Å². The van der Waals surface area contributed by atoms with Crippen LogP contribution < -0.4 is 10.6 Å². The van der Waals surface area contributed by atoms with Crippen LogP contribution in [-0.2, 0) is 4.79 Å². The standard InChI is InChI=1S/C12H26N2O/c1-6-10(4)13-9-11(15)14-12(5,7-2)8-3/h10,13H,6-9H2,1-5H3,(H,14,15). The molecular formula is C12H26N2O. The molecule has 3 nitrogen and oxygen atoms in total. The fourth-order valence-corrected chi connectivity index (χ4v) is 1.22. The van der Waals surface area contributed by atoms with Crippen LogP contribution in [0.5, 0.6) is 0 Å². The zero-order valence-corrected chi connectivity index (χ0v) is 10.8. The minimum Gasteiger partial charge on any atom is -0.350 e. The number of hydrogen-bond acceptors (Lipinski definition) is 2. The van der Waals surface area contributed by atoms with E-state index in [9.17, 15) is 4.79 Å². The predicted octanol–water partition coefficient (Wildman–Crippen LogP) is 2.07. The molecule has 0 aromatic carbocycles. The van der Waals surface area contributed by atoms with E-state index >= 15 is 0 Å². The van der Waals surface area contributed by atoms with E-state index in [0.29, 0.717) is 12.6 Å². The van der Waals surface area contributed by atoms with Gasteiger partial charge in [0.15, 0.2) is 0 Å². The molecule has 0 saturated carbocycles. The van der Waals surface area contributed by atoms with Gasteiger partial charge in [0.2, 0.25) is 5.91 Å². The highest BCUT2D eigenvalue weighted by Crippen LogP contribution is 2.12. The van der Waals surface area contributed by atoms with E-state index < -0.39 is 0 Å². The summed E-state index contributed by atoms with van der Waals surface area (Å²) in [5.41, 5.74) is -0.0474. The zero-order chi connectivity index (χ0) is 11.9. The Morgan fingerprint density at radius 3 is 2.20 bits per heavy atom. The van der Waals surface area contributed by atoms with Gasteiger partial charge in [-0.3, -0.25) is 4.79 Å². The molecule has 0 aliphatic heterocycles. The monoisotopic (exact) mass is 214 g/mol. The van der Waals surface area contributed by atoms with Crippen molar-refractivity contribution >= 4 is 5.91 Å². The van der Waals surface area contributed by atoms with Crippen molar-refractivity contribution in [2.45, 2.75) is 65.5 Å². The van der Waals surface area contributed by atoms with Crippen molar-refractivity contribution in [3.63, 3.8) is 0 Å². The summed E-state index contributed by atoms with van der Waals surface area (Å²) >= 11 is 0. The van der Waals surface area contributed by atoms with E-state index in [1.807, 2.05) is 0 Å². The normalized spacial score (nSPS) is 13.7. The van der Waals surface area contributed by atoms with Crippen molar-refractivity contribution in [1.82, 2.24) is 10.6 Å². The number of amides is 1. The molecule has 1 amide bonds. The number of rotatable bonds is 7. The van der Waals surface area contributed by atoms with Crippen LogP contribution in [0.3, 0.4) is 0 Å². The summed E-state index contributed by atoms with van der Waals surface area (Å²) in [5.74, 6) is 0.0986. The van der Waals surface area contributed by atoms with E-state index in [1.165, 1.54) is 0 Å². The molecule has 1 atom stereocenters. The highest BCUT2D eigenvalue weighted by atomic mass is 16.2. The van der Waals surface area contributed by atoms with Crippen LogP contribution in [-0.4, -0.2) is 24.0 Å². The summed E-state index contributed by atoms with van der Waals surface area (Å²) in [5, 5.41) is 6.26. The van der Waals surface area contributed by atoms with Crippen molar-refractivity contribution in [3.8, 4) is 0 Å². The van der Waals surface area contributed by atoms with Gasteiger partial charge in [-0.15, -0.1) is 0 Å². The fourth-order valence-electron chi connectivity index (χ4n) is 1.22. The molecule has 0 saturated heterocycles. The summed E-state index contributed by atoms with van der Waals surface area (Å²) in [6.45, 7) is 10.9. The first-order valence-corrected chi connectivity index (χ1v) is 6.01. The first-order valence-electron chi connectivity index (χ1n) is 6.01. The zero-order valence-electron chi connectivity index (χ0n) is 10.8. The smallest absolute Gasteiger partial charge is 0.234 e. The second-order valence-electron chi connectivity index (χ2n) is 4.51. The van der Waals surface area contributed by atoms with Gasteiger partial charge in [0.25, 0.3) is 0 Å². The Morgan fingerprint density at radius 1 is 1.27 bits per heavy atom. The second-order valence-corrected chi connectivity index (χ2v) is 4.51. The van der Waals surface area contributed by atoms with Crippen LogP contribution >= 0.6 is 0 Å². The lowest BCUT2D eigenvalue weighted by atomic mass is 9.95. The summed E-state index contributed by atoms with van der Waals surface area (Å²) in [6, 6.07) is 0.408. The van der Waals surface area contributed by atoms with Crippen LogP contribution in [0.25, 0.3) is 0 Å². The number of hydrogen-bond donors (Lipinski definition) is 2. The Labute approximate surface area is 94.0 Å². The van der Waals surface area contributed by atoms with Gasteiger partial charge in [0.05, 0.1) is 6.54 Å². The summed E-state index contributed by atoms with van der Waals surface area (Å²) in [7, 11) is 0. The Kier molecular flexibility index (Phi) is 6.57. The minimum atomic E-state index is -0.0474. The summed E-state index contributed by atoms with van der Waals surface area (Å²) < 4.78 is 0. The van der Waals surface area contributed by atoms with Crippen molar-refractivity contribution in [1.29, 1.82) is 0 Å². The third-order valence-electron chi connectivity index (χ3n) is 3.23. The topological polar surface area (TPSA) is 41.1 Å². The molecule has 0 heterocycles. The molecule has 15 heavy (non-hydrogen) atoms. The molecule has 0 fully saturated rings. The van der Waals surface area contributed by atoms with E-state index in [1.54, 1.807) is 0 Å². The van der Waals surface area contributed by atoms with Crippen LogP contribution in [0.2, 0.25) is 0 Å². The lowest BCUT2D eigenvalue weighted by Gasteiger charge is -2.28. The predicted molar refractivity (Wildman–Crippen MR) is 64.9 cm³/mol. The van der Waals surface area contributed by atoms with Gasteiger partial charge >= 0.3 is 0 Å². The molecule has 0 radical (unpaired) electrons. The van der Waals surface area contributed by atoms with E-state index in [2.05, 4.69) is 45.3 Å². The maximum absolute atomic E-state index is 11.6. The third kappa shape index (κ3) is 5.78. The third-order valence-corrected chi connectivity index (χ3v) is 3.23. The molecule has 3 heteroatoms. The molecule has 0 aliphatic rings. The Balaban J connectivity index is 3.92. The Morgan fingerprint density at radius 2 is 1.80 bits per heavy atom. The first kappa shape index (κ1) is 14.4. The van der Waals surface area contributed by atoms with E-state index in [0.717, 1.165) is 19.3 Å². The average molecular weight is 214 g/mol. The number of nitrogens with one attached hydrogen (secondary N) is 2. The van der Waals surface area contributed by atoms with Gasteiger partial charge in [0.1, 0.15) is 0 Å². The minimum absolute atomic E-state index is 0.0474. The van der Waals surface area contributed by atoms with Crippen LogP contribution in [0, 0.1) is 0 Å². The number of carbonyl (C=O) groups is 1. The van der Waals surface area contributed by atoms with Crippen LogP contribution in [0.15, 0.2) is 0 Å². The molecule has 0 rings (SSSR count). The molecule has 1 unspecified atom stereocenters. The molecule has 0 aromatic rings. The first-order chi connectivity index (χ1) is 6.97. The summed E-state index contributed by atoms with van der Waals surface area (Å²) in [4.78, 5) is 11.6. The van der Waals surface area contributed by atoms with Crippen molar-refractivity contribution in [3.05, 3.63) is 0 Å². The lowest BCUT2D eigenvalue weighted by Crippen LogP contribution is -2.49. The maximum Gasteiger partial charge on any atom is 0.234 e. The van der Waals surface area contributed by atoms with Crippen molar-refractivity contribution < 1.29 is 4.79 Å². The van der Waals surface area contributed by atoms with Crippen molar-refractivity contribution in [2.24, 2.45) is 0 Å². The van der Waals surface area contributed by atoms with Gasteiger partial charge < -0.3 is 10.6 Å². The maximum atomic E-state index is 11.6. The molecule has 0 aromatic heterocycles. The Hall–Kier alpha value is -0.570. The molecule has 0 bridgehead atoms. The van der Waals surface area contributed by atoms with Gasteiger partial charge in [0, 0.05) is 11.6 Å². The fraction of sp³-hybridized carbons (Fsp3) is 0.917. The number of carbonyl (C=O) groups excluding carboxylic acids is 1. The molecule has 90 valence electrons. The van der Waals surface area contributed by atoms with Crippen LogP contribution in [0.1, 0.15) is 53.9 Å². The van der Waals surface area contributed by atoms with E-state index in [-0.39, 0.29) is 11.4 Å². The van der Waals surface area contributed by atoms with Gasteiger partial charge in [-0.25, -0.2) is 0 Å². The summed E-state index contributed by atoms with van der Waals surface area (Å²) in [6.07, 6.45) is 2.99. The largest absolute Gasteiger partial charge is 0.350 e. The molecule has 0 spiro atoms. The SMILES string of the molecule is CCC(C)NCC(=O)NC(C)(CC)CC. The van der Waals surface area contributed by atoms with Gasteiger partial charge in [-0.05, 0) is 33.1 Å². The highest BCUT2D eigenvalue weighted by molar-refractivity contribution is 5.78.